The first-order valence-electron chi connectivity index (χ1n) is 8.74. The second-order valence-electron chi connectivity index (χ2n) is 7.67. The molecule has 0 bridgehead atoms. The number of aromatic hydroxyl groups is 1. The van der Waals surface area contributed by atoms with E-state index in [1.54, 1.807) is 6.07 Å². The van der Waals surface area contributed by atoms with E-state index in [0.717, 1.165) is 38.5 Å². The fourth-order valence-corrected chi connectivity index (χ4v) is 6.01. The minimum atomic E-state index is -0.551. The van der Waals surface area contributed by atoms with Gasteiger partial charge in [-0.05, 0) is 79.5 Å². The molecular formula is C19H26O3. The van der Waals surface area contributed by atoms with Crippen molar-refractivity contribution in [3.05, 3.63) is 29.3 Å². The van der Waals surface area contributed by atoms with Crippen LogP contribution >= 0.6 is 0 Å². The SMILES string of the molecule is CC[C@]12CC[C@H]3c4ccc(O)cc4CC[C@@H]3[C@@H]1C[C@H](O)[C@@H]2O. The summed E-state index contributed by atoms with van der Waals surface area (Å²) in [5, 5.41) is 30.6. The van der Waals surface area contributed by atoms with Gasteiger partial charge in [0.2, 0.25) is 0 Å². The van der Waals surface area contributed by atoms with Crippen molar-refractivity contribution in [3.63, 3.8) is 0 Å². The highest BCUT2D eigenvalue weighted by Crippen LogP contribution is 2.62. The number of benzene rings is 1. The fraction of sp³-hybridized carbons (Fsp3) is 0.684. The van der Waals surface area contributed by atoms with Gasteiger partial charge in [-0.25, -0.2) is 0 Å². The summed E-state index contributed by atoms with van der Waals surface area (Å²) < 4.78 is 0. The van der Waals surface area contributed by atoms with Gasteiger partial charge in [-0.2, -0.15) is 0 Å². The highest BCUT2D eigenvalue weighted by atomic mass is 16.3. The normalized spacial score (nSPS) is 43.3. The van der Waals surface area contributed by atoms with E-state index in [4.69, 9.17) is 0 Å². The van der Waals surface area contributed by atoms with E-state index >= 15 is 0 Å². The van der Waals surface area contributed by atoms with Crippen LogP contribution in [0, 0.1) is 17.3 Å². The smallest absolute Gasteiger partial charge is 0.115 e. The van der Waals surface area contributed by atoms with E-state index in [2.05, 4.69) is 13.0 Å². The summed E-state index contributed by atoms with van der Waals surface area (Å²) in [4.78, 5) is 0. The van der Waals surface area contributed by atoms with Gasteiger partial charge in [-0.1, -0.05) is 13.0 Å². The van der Waals surface area contributed by atoms with Gasteiger partial charge in [0, 0.05) is 5.41 Å². The molecule has 6 atom stereocenters. The predicted molar refractivity (Wildman–Crippen MR) is 84.7 cm³/mol. The zero-order chi connectivity index (χ0) is 15.5. The Balaban J connectivity index is 1.72. The van der Waals surface area contributed by atoms with Crippen molar-refractivity contribution >= 4 is 0 Å². The highest BCUT2D eigenvalue weighted by molar-refractivity contribution is 5.40. The van der Waals surface area contributed by atoms with E-state index in [-0.39, 0.29) is 5.41 Å². The minimum Gasteiger partial charge on any atom is -0.508 e. The predicted octanol–water partition coefficient (Wildman–Crippen LogP) is 2.97. The lowest BCUT2D eigenvalue weighted by Crippen LogP contribution is -2.46. The minimum absolute atomic E-state index is 0.0744. The molecule has 3 heteroatoms. The molecule has 1 aromatic rings. The molecule has 1 aromatic carbocycles. The Bertz CT molecular complexity index is 584. The molecule has 3 aliphatic carbocycles. The molecule has 0 heterocycles. The molecule has 3 aliphatic rings. The molecule has 4 rings (SSSR count). The molecule has 0 spiro atoms. The Hall–Kier alpha value is -1.06. The number of hydrogen-bond donors (Lipinski definition) is 3. The van der Waals surface area contributed by atoms with E-state index in [9.17, 15) is 15.3 Å². The van der Waals surface area contributed by atoms with Crippen molar-refractivity contribution < 1.29 is 15.3 Å². The molecule has 2 fully saturated rings. The Morgan fingerprint density at radius 3 is 2.82 bits per heavy atom. The molecule has 3 nitrogen and oxygen atoms in total. The van der Waals surface area contributed by atoms with Crippen LogP contribution in [0.15, 0.2) is 18.2 Å². The molecule has 3 N–H and O–H groups in total. The number of rotatable bonds is 1. The summed E-state index contributed by atoms with van der Waals surface area (Å²) >= 11 is 0. The quantitative estimate of drug-likeness (QED) is 0.747. The maximum atomic E-state index is 10.6. The largest absolute Gasteiger partial charge is 0.508 e. The van der Waals surface area contributed by atoms with E-state index in [1.165, 1.54) is 11.1 Å². The van der Waals surface area contributed by atoms with Crippen LogP contribution < -0.4 is 0 Å². The van der Waals surface area contributed by atoms with Gasteiger partial charge in [0.1, 0.15) is 5.75 Å². The Morgan fingerprint density at radius 2 is 2.05 bits per heavy atom. The van der Waals surface area contributed by atoms with Crippen molar-refractivity contribution in [3.8, 4) is 5.75 Å². The van der Waals surface area contributed by atoms with Gasteiger partial charge in [-0.3, -0.25) is 0 Å². The summed E-state index contributed by atoms with van der Waals surface area (Å²) in [6, 6.07) is 5.83. The third-order valence-corrected chi connectivity index (χ3v) is 7.07. The molecule has 120 valence electrons. The standard InChI is InChI=1S/C19H26O3/c1-2-19-8-7-14-13-6-4-12(20)9-11(13)3-5-15(14)16(19)10-17(21)18(19)22/h4,6,9,14-18,20-22H,2-3,5,7-8,10H2,1H3/t14-,15-,16-,17-,18-,19-/m0/s1. The average Bonchev–Trinajstić information content (AvgIpc) is 2.79. The van der Waals surface area contributed by atoms with Crippen molar-refractivity contribution in [1.29, 1.82) is 0 Å². The summed E-state index contributed by atoms with van der Waals surface area (Å²) in [7, 11) is 0. The zero-order valence-electron chi connectivity index (χ0n) is 13.2. The van der Waals surface area contributed by atoms with Crippen LogP contribution in [0.5, 0.6) is 5.75 Å². The molecule has 0 amide bonds. The van der Waals surface area contributed by atoms with Gasteiger partial charge in [0.15, 0.2) is 0 Å². The van der Waals surface area contributed by atoms with Crippen molar-refractivity contribution in [2.45, 2.75) is 63.6 Å². The molecule has 22 heavy (non-hydrogen) atoms. The number of hydrogen-bond acceptors (Lipinski definition) is 3. The van der Waals surface area contributed by atoms with Crippen molar-refractivity contribution in [2.24, 2.45) is 17.3 Å². The number of aliphatic hydroxyl groups excluding tert-OH is 2. The first-order chi connectivity index (χ1) is 10.6. The van der Waals surface area contributed by atoms with Gasteiger partial charge in [0.25, 0.3) is 0 Å². The second-order valence-corrected chi connectivity index (χ2v) is 7.67. The summed E-state index contributed by atoms with van der Waals surface area (Å²) in [5.74, 6) is 1.90. The third kappa shape index (κ3) is 1.82. The number of phenolic OH excluding ortho intramolecular Hbond substituents is 1. The number of aliphatic hydroxyl groups is 2. The summed E-state index contributed by atoms with van der Waals surface area (Å²) in [5.41, 5.74) is 2.62. The number of phenols is 1. The molecule has 0 saturated heterocycles. The topological polar surface area (TPSA) is 60.7 Å². The van der Waals surface area contributed by atoms with Crippen LogP contribution in [0.4, 0.5) is 0 Å². The molecule has 0 radical (unpaired) electrons. The lowest BCUT2D eigenvalue weighted by molar-refractivity contribution is -0.0641. The first-order valence-corrected chi connectivity index (χ1v) is 8.74. The van der Waals surface area contributed by atoms with Crippen LogP contribution in [-0.2, 0) is 6.42 Å². The summed E-state index contributed by atoms with van der Waals surface area (Å²) in [6.07, 6.45) is 4.84. The van der Waals surface area contributed by atoms with E-state index < -0.39 is 12.2 Å². The summed E-state index contributed by atoms with van der Waals surface area (Å²) in [6.45, 7) is 2.17. The molecule has 0 aliphatic heterocycles. The Morgan fingerprint density at radius 1 is 1.23 bits per heavy atom. The maximum absolute atomic E-state index is 10.6. The van der Waals surface area contributed by atoms with Crippen LogP contribution in [-0.4, -0.2) is 27.5 Å². The van der Waals surface area contributed by atoms with Gasteiger partial charge in [0.05, 0.1) is 12.2 Å². The Kier molecular flexibility index (Phi) is 3.28. The zero-order valence-corrected chi connectivity index (χ0v) is 13.2. The van der Waals surface area contributed by atoms with Gasteiger partial charge >= 0.3 is 0 Å². The first kappa shape index (κ1) is 14.5. The van der Waals surface area contributed by atoms with Gasteiger partial charge < -0.3 is 15.3 Å². The third-order valence-electron chi connectivity index (χ3n) is 7.07. The van der Waals surface area contributed by atoms with Crippen LogP contribution in [0.3, 0.4) is 0 Å². The number of aryl methyl sites for hydroxylation is 1. The molecular weight excluding hydrogens is 276 g/mol. The fourth-order valence-electron chi connectivity index (χ4n) is 6.01. The molecule has 2 saturated carbocycles. The van der Waals surface area contributed by atoms with Crippen LogP contribution in [0.1, 0.15) is 56.1 Å². The van der Waals surface area contributed by atoms with Crippen LogP contribution in [0.2, 0.25) is 0 Å². The molecule has 0 unspecified atom stereocenters. The van der Waals surface area contributed by atoms with Gasteiger partial charge in [-0.15, -0.1) is 0 Å². The van der Waals surface area contributed by atoms with E-state index in [1.807, 2.05) is 6.07 Å². The monoisotopic (exact) mass is 302 g/mol. The lowest BCUT2D eigenvalue weighted by atomic mass is 9.54. The van der Waals surface area contributed by atoms with Crippen molar-refractivity contribution in [1.82, 2.24) is 0 Å². The highest BCUT2D eigenvalue weighted by Gasteiger charge is 2.59. The van der Waals surface area contributed by atoms with E-state index in [0.29, 0.717) is 23.5 Å². The maximum Gasteiger partial charge on any atom is 0.115 e. The second kappa shape index (κ2) is 4.97. The number of fused-ring (bicyclic) bond motifs is 5. The van der Waals surface area contributed by atoms with Crippen LogP contribution in [0.25, 0.3) is 0 Å². The average molecular weight is 302 g/mol. The molecule has 0 aromatic heterocycles. The lowest BCUT2D eigenvalue weighted by Gasteiger charge is -2.51. The van der Waals surface area contributed by atoms with Crippen molar-refractivity contribution in [2.75, 3.05) is 0 Å². The Labute approximate surface area is 132 Å².